The van der Waals surface area contributed by atoms with Crippen LogP contribution >= 0.6 is 0 Å². The highest BCUT2D eigenvalue weighted by Gasteiger charge is 2.44. The molecule has 2 aliphatic rings. The summed E-state index contributed by atoms with van der Waals surface area (Å²) in [6.07, 6.45) is 3.03. The minimum atomic E-state index is -0.519. The van der Waals surface area contributed by atoms with Gasteiger partial charge in [-0.1, -0.05) is 42.5 Å². The van der Waals surface area contributed by atoms with E-state index in [1.54, 1.807) is 0 Å². The molecule has 1 saturated heterocycles. The van der Waals surface area contributed by atoms with E-state index in [0.29, 0.717) is 0 Å². The van der Waals surface area contributed by atoms with Gasteiger partial charge in [0.15, 0.2) is 0 Å². The smallest absolute Gasteiger partial charge is 0.0728 e. The second kappa shape index (κ2) is 6.23. The van der Waals surface area contributed by atoms with Crippen LogP contribution in [0, 0.1) is 0 Å². The third kappa shape index (κ3) is 2.89. The lowest BCUT2D eigenvalue weighted by Gasteiger charge is -2.46. The Morgan fingerprint density at radius 2 is 1.78 bits per heavy atom. The van der Waals surface area contributed by atoms with Crippen LogP contribution in [0.15, 0.2) is 42.5 Å². The normalized spacial score (nSPS) is 22.7. The minimum absolute atomic E-state index is 0.209. The van der Waals surface area contributed by atoms with Gasteiger partial charge in [0.05, 0.1) is 5.60 Å². The van der Waals surface area contributed by atoms with E-state index in [4.69, 9.17) is 0 Å². The maximum Gasteiger partial charge on any atom is 0.0728 e. The van der Waals surface area contributed by atoms with Crippen LogP contribution in [0.4, 0.5) is 0 Å². The predicted molar refractivity (Wildman–Crippen MR) is 94.8 cm³/mol. The quantitative estimate of drug-likeness (QED) is 0.911. The molecule has 0 aromatic heterocycles. The van der Waals surface area contributed by atoms with Gasteiger partial charge in [0, 0.05) is 38.6 Å². The molecule has 2 fully saturated rings. The number of fused-ring (bicyclic) bond motifs is 1. The lowest BCUT2D eigenvalue weighted by molar-refractivity contribution is -0.0648. The van der Waals surface area contributed by atoms with Crippen molar-refractivity contribution in [3.05, 3.63) is 48.0 Å². The van der Waals surface area contributed by atoms with Crippen molar-refractivity contribution in [2.75, 3.05) is 32.7 Å². The first-order valence-corrected chi connectivity index (χ1v) is 8.89. The first-order chi connectivity index (χ1) is 11.3. The summed E-state index contributed by atoms with van der Waals surface area (Å²) in [4.78, 5) is 2.51. The van der Waals surface area contributed by atoms with E-state index in [2.05, 4.69) is 52.7 Å². The molecular weight excluding hydrogens is 284 g/mol. The number of benzene rings is 2. The van der Waals surface area contributed by atoms with E-state index in [1.165, 1.54) is 16.3 Å². The molecule has 2 aromatic rings. The molecule has 1 saturated carbocycles. The van der Waals surface area contributed by atoms with Crippen molar-refractivity contribution in [2.24, 2.45) is 0 Å². The van der Waals surface area contributed by atoms with Gasteiger partial charge in [0.1, 0.15) is 0 Å². The van der Waals surface area contributed by atoms with Crippen molar-refractivity contribution < 1.29 is 5.11 Å². The van der Waals surface area contributed by atoms with E-state index in [1.807, 2.05) is 0 Å². The summed E-state index contributed by atoms with van der Waals surface area (Å²) in [5.74, 6) is 0.209. The molecule has 1 aliphatic heterocycles. The van der Waals surface area contributed by atoms with E-state index < -0.39 is 5.60 Å². The standard InChI is InChI=1S/C20H26N2O/c23-20(9-4-10-20)19(15-22-13-11-21-12-14-22)18-8-3-6-16-5-1-2-7-17(16)18/h1-3,5-8,19,21,23H,4,9-15H2/t19-/m1/s1. The summed E-state index contributed by atoms with van der Waals surface area (Å²) in [7, 11) is 0. The van der Waals surface area contributed by atoms with E-state index in [0.717, 1.165) is 52.0 Å². The van der Waals surface area contributed by atoms with Crippen LogP contribution in [-0.2, 0) is 0 Å². The maximum absolute atomic E-state index is 11.2. The predicted octanol–water partition coefficient (Wildman–Crippen LogP) is 2.74. The Balaban J connectivity index is 1.71. The third-order valence-electron chi connectivity index (χ3n) is 5.72. The molecule has 0 unspecified atom stereocenters. The first kappa shape index (κ1) is 15.1. The Kier molecular flexibility index (Phi) is 4.10. The molecular formula is C20H26N2O. The van der Waals surface area contributed by atoms with Crippen LogP contribution in [0.5, 0.6) is 0 Å². The van der Waals surface area contributed by atoms with E-state index in [-0.39, 0.29) is 5.92 Å². The SMILES string of the molecule is OC1([C@H](CN2CCNCC2)c2cccc3ccccc23)CCC1. The number of nitrogens with zero attached hydrogens (tertiary/aromatic N) is 1. The summed E-state index contributed by atoms with van der Waals surface area (Å²) in [5.41, 5.74) is 0.804. The first-order valence-electron chi connectivity index (χ1n) is 8.89. The number of hydrogen-bond acceptors (Lipinski definition) is 3. The van der Waals surface area contributed by atoms with E-state index in [9.17, 15) is 5.11 Å². The highest BCUT2D eigenvalue weighted by atomic mass is 16.3. The fourth-order valence-corrected chi connectivity index (χ4v) is 4.15. The largest absolute Gasteiger partial charge is 0.389 e. The lowest BCUT2D eigenvalue weighted by Crippen LogP contribution is -2.51. The summed E-state index contributed by atoms with van der Waals surface area (Å²) >= 11 is 0. The molecule has 0 bridgehead atoms. The molecule has 4 rings (SSSR count). The van der Waals surface area contributed by atoms with Gasteiger partial charge in [-0.25, -0.2) is 0 Å². The molecule has 1 aliphatic carbocycles. The summed E-state index contributed by atoms with van der Waals surface area (Å²) in [6, 6.07) is 15.1. The van der Waals surface area contributed by atoms with Crippen LogP contribution in [0.3, 0.4) is 0 Å². The summed E-state index contributed by atoms with van der Waals surface area (Å²) in [5, 5.41) is 17.2. The van der Waals surface area contributed by atoms with Crippen molar-refractivity contribution in [1.29, 1.82) is 0 Å². The number of hydrogen-bond donors (Lipinski definition) is 2. The Bertz CT molecular complexity index is 669. The monoisotopic (exact) mass is 310 g/mol. The minimum Gasteiger partial charge on any atom is -0.389 e. The molecule has 3 nitrogen and oxygen atoms in total. The van der Waals surface area contributed by atoms with Gasteiger partial charge in [-0.05, 0) is 35.6 Å². The van der Waals surface area contributed by atoms with Crippen molar-refractivity contribution >= 4 is 10.8 Å². The molecule has 0 spiro atoms. The van der Waals surface area contributed by atoms with Crippen LogP contribution in [0.1, 0.15) is 30.7 Å². The molecule has 122 valence electrons. The Morgan fingerprint density at radius 3 is 2.52 bits per heavy atom. The van der Waals surface area contributed by atoms with Crippen molar-refractivity contribution in [2.45, 2.75) is 30.8 Å². The average Bonchev–Trinajstić information content (AvgIpc) is 2.58. The fraction of sp³-hybridized carbons (Fsp3) is 0.500. The highest BCUT2D eigenvalue weighted by Crippen LogP contribution is 2.45. The van der Waals surface area contributed by atoms with Crippen LogP contribution in [-0.4, -0.2) is 48.3 Å². The van der Waals surface area contributed by atoms with Crippen LogP contribution in [0.2, 0.25) is 0 Å². The number of piperazine rings is 1. The van der Waals surface area contributed by atoms with Crippen molar-refractivity contribution in [1.82, 2.24) is 10.2 Å². The summed E-state index contributed by atoms with van der Waals surface area (Å²) < 4.78 is 0. The molecule has 2 aromatic carbocycles. The lowest BCUT2D eigenvalue weighted by atomic mass is 9.67. The topological polar surface area (TPSA) is 35.5 Å². The van der Waals surface area contributed by atoms with Crippen LogP contribution in [0.25, 0.3) is 10.8 Å². The van der Waals surface area contributed by atoms with Crippen molar-refractivity contribution in [3.63, 3.8) is 0 Å². The fourth-order valence-electron chi connectivity index (χ4n) is 4.15. The molecule has 1 atom stereocenters. The Morgan fingerprint density at radius 1 is 1.04 bits per heavy atom. The zero-order valence-electron chi connectivity index (χ0n) is 13.7. The van der Waals surface area contributed by atoms with Gasteiger partial charge < -0.3 is 15.3 Å². The number of rotatable bonds is 4. The average molecular weight is 310 g/mol. The molecule has 0 amide bonds. The second-order valence-corrected chi connectivity index (χ2v) is 7.13. The van der Waals surface area contributed by atoms with Gasteiger partial charge in [0.2, 0.25) is 0 Å². The van der Waals surface area contributed by atoms with Crippen LogP contribution < -0.4 is 5.32 Å². The number of aliphatic hydroxyl groups is 1. The van der Waals surface area contributed by atoms with E-state index >= 15 is 0 Å². The molecule has 23 heavy (non-hydrogen) atoms. The number of nitrogens with one attached hydrogen (secondary N) is 1. The van der Waals surface area contributed by atoms with Crippen molar-refractivity contribution in [3.8, 4) is 0 Å². The molecule has 3 heteroatoms. The zero-order valence-corrected chi connectivity index (χ0v) is 13.7. The van der Waals surface area contributed by atoms with Gasteiger partial charge in [-0.2, -0.15) is 0 Å². The Hall–Kier alpha value is -1.42. The molecule has 2 N–H and O–H groups in total. The molecule has 1 heterocycles. The van der Waals surface area contributed by atoms with Gasteiger partial charge >= 0.3 is 0 Å². The summed E-state index contributed by atoms with van der Waals surface area (Å²) in [6.45, 7) is 5.24. The zero-order chi connectivity index (χ0) is 15.7. The van der Waals surface area contributed by atoms with Gasteiger partial charge in [-0.3, -0.25) is 0 Å². The Labute approximate surface area is 138 Å². The highest BCUT2D eigenvalue weighted by molar-refractivity contribution is 5.86. The van der Waals surface area contributed by atoms with Gasteiger partial charge in [-0.15, -0.1) is 0 Å². The third-order valence-corrected chi connectivity index (χ3v) is 5.72. The maximum atomic E-state index is 11.2. The van der Waals surface area contributed by atoms with Gasteiger partial charge in [0.25, 0.3) is 0 Å². The molecule has 0 radical (unpaired) electrons. The second-order valence-electron chi connectivity index (χ2n) is 7.13.